The Morgan fingerprint density at radius 3 is 1.20 bits per heavy atom. The van der Waals surface area contributed by atoms with Crippen molar-refractivity contribution in [2.75, 3.05) is 19.8 Å². The van der Waals surface area contributed by atoms with Gasteiger partial charge < -0.3 is 0 Å². The molecule has 0 unspecified atom stereocenters. The molecule has 1 aliphatic carbocycles. The predicted molar refractivity (Wildman–Crippen MR) is 69.8 cm³/mol. The SMILES string of the molecule is FC(F)(F)CO[P+](OCC(F)(F)F)(OCC(F)(F)F)C1CCCCC1. The lowest BCUT2D eigenvalue weighted by Crippen LogP contribution is -2.31. The minimum atomic E-state index is -4.96. The van der Waals surface area contributed by atoms with Gasteiger partial charge in [-0.2, -0.15) is 53.1 Å². The summed E-state index contributed by atoms with van der Waals surface area (Å²) in [5, 5.41) is 0. The highest BCUT2D eigenvalue weighted by Crippen LogP contribution is 2.70. The summed E-state index contributed by atoms with van der Waals surface area (Å²) in [6, 6.07) is 0. The number of rotatable bonds is 7. The molecule has 0 radical (unpaired) electrons. The average Bonchev–Trinajstić information content (AvgIpc) is 2.45. The highest BCUT2D eigenvalue weighted by molar-refractivity contribution is 7.62. The summed E-state index contributed by atoms with van der Waals surface area (Å²) in [6.07, 6.45) is -13.2. The molecule has 0 aromatic rings. The van der Waals surface area contributed by atoms with Crippen molar-refractivity contribution in [1.29, 1.82) is 0 Å². The number of hydrogen-bond acceptors (Lipinski definition) is 3. The molecule has 150 valence electrons. The monoisotopic (exact) mass is 411 g/mol. The number of hydrogen-bond donors (Lipinski definition) is 0. The second-order valence-electron chi connectivity index (χ2n) is 5.50. The molecule has 0 amide bonds. The topological polar surface area (TPSA) is 27.7 Å². The molecule has 3 nitrogen and oxygen atoms in total. The van der Waals surface area contributed by atoms with Crippen LogP contribution in [0.2, 0.25) is 0 Å². The van der Waals surface area contributed by atoms with E-state index in [1.807, 2.05) is 0 Å². The summed E-state index contributed by atoms with van der Waals surface area (Å²) < 4.78 is 125. The van der Waals surface area contributed by atoms with Gasteiger partial charge in [-0.3, -0.25) is 0 Å². The van der Waals surface area contributed by atoms with E-state index in [1.54, 1.807) is 0 Å². The van der Waals surface area contributed by atoms with Crippen LogP contribution in [0.4, 0.5) is 39.5 Å². The lowest BCUT2D eigenvalue weighted by atomic mass is 10.0. The normalized spacial score (nSPS) is 18.6. The second-order valence-corrected chi connectivity index (χ2v) is 8.08. The summed E-state index contributed by atoms with van der Waals surface area (Å²) in [5.41, 5.74) is -1.08. The average molecular weight is 411 g/mol. The van der Waals surface area contributed by atoms with Crippen LogP contribution in [0, 0.1) is 0 Å². The maximum Gasteiger partial charge on any atom is 0.416 e. The Labute approximate surface area is 138 Å². The van der Waals surface area contributed by atoms with Gasteiger partial charge in [-0.15, -0.1) is 0 Å². The van der Waals surface area contributed by atoms with Gasteiger partial charge in [0.25, 0.3) is 0 Å². The fourth-order valence-electron chi connectivity index (χ4n) is 2.31. The zero-order valence-corrected chi connectivity index (χ0v) is 13.7. The van der Waals surface area contributed by atoms with E-state index in [1.165, 1.54) is 0 Å². The van der Waals surface area contributed by atoms with Gasteiger partial charge in [-0.1, -0.05) is 6.42 Å². The summed E-state index contributed by atoms with van der Waals surface area (Å²) >= 11 is 0. The second kappa shape index (κ2) is 8.58. The highest BCUT2D eigenvalue weighted by Gasteiger charge is 2.59. The molecule has 0 spiro atoms. The molecular weight excluding hydrogens is 394 g/mol. The minimum absolute atomic E-state index is 0.0708. The third kappa shape index (κ3) is 9.25. The predicted octanol–water partition coefficient (Wildman–Crippen LogP) is 5.82. The first kappa shape index (κ1) is 22.7. The third-order valence-corrected chi connectivity index (χ3v) is 6.12. The van der Waals surface area contributed by atoms with E-state index in [0.29, 0.717) is 19.3 Å². The van der Waals surface area contributed by atoms with Crippen molar-refractivity contribution in [2.24, 2.45) is 0 Å². The Morgan fingerprint density at radius 2 is 0.920 bits per heavy atom. The van der Waals surface area contributed by atoms with Gasteiger partial charge in [-0.25, -0.2) is 0 Å². The number of halogens is 9. The van der Waals surface area contributed by atoms with Crippen LogP contribution in [-0.2, 0) is 13.6 Å². The van der Waals surface area contributed by atoms with Crippen LogP contribution in [0.1, 0.15) is 32.1 Å². The Hall–Kier alpha value is -0.320. The summed E-state index contributed by atoms with van der Waals surface area (Å²) in [7, 11) is -4.52. The molecular formula is C12H17F9O3P+. The first-order valence-corrected chi connectivity index (χ1v) is 8.86. The largest absolute Gasteiger partial charge is 0.416 e. The molecule has 1 saturated carbocycles. The minimum Gasteiger partial charge on any atom is -0.168 e. The maximum absolute atomic E-state index is 12.4. The molecule has 0 heterocycles. The molecule has 13 heteroatoms. The molecule has 0 N–H and O–H groups in total. The van der Waals surface area contributed by atoms with Crippen molar-refractivity contribution in [2.45, 2.75) is 56.3 Å². The lowest BCUT2D eigenvalue weighted by Gasteiger charge is -2.31. The summed E-state index contributed by atoms with van der Waals surface area (Å²) in [6.45, 7) is -6.15. The Balaban J connectivity index is 3.04. The van der Waals surface area contributed by atoms with E-state index in [4.69, 9.17) is 0 Å². The van der Waals surface area contributed by atoms with Crippen molar-refractivity contribution < 1.29 is 53.1 Å². The maximum atomic E-state index is 12.4. The lowest BCUT2D eigenvalue weighted by molar-refractivity contribution is -0.180. The van der Waals surface area contributed by atoms with Gasteiger partial charge in [0.1, 0.15) is 0 Å². The van der Waals surface area contributed by atoms with Gasteiger partial charge in [0, 0.05) is 0 Å². The Kier molecular flexibility index (Phi) is 7.80. The van der Waals surface area contributed by atoms with Crippen LogP contribution in [0.5, 0.6) is 0 Å². The molecule has 0 atom stereocenters. The van der Waals surface area contributed by atoms with Gasteiger partial charge in [0.15, 0.2) is 25.5 Å². The molecule has 0 saturated heterocycles. The first-order chi connectivity index (χ1) is 11.2. The van der Waals surface area contributed by atoms with Crippen molar-refractivity contribution in [3.63, 3.8) is 0 Å². The molecule has 25 heavy (non-hydrogen) atoms. The standard InChI is InChI=1S/C12H17F9O3P/c13-10(14,15)6-22-25(23-7-11(16,17)18,24-8-12(19,20)21)9-4-2-1-3-5-9/h9H,1-8H2/q+1. The van der Waals surface area contributed by atoms with Crippen molar-refractivity contribution in [3.8, 4) is 0 Å². The fourth-order valence-corrected chi connectivity index (χ4v) is 5.15. The smallest absolute Gasteiger partial charge is 0.168 e. The molecule has 1 fully saturated rings. The van der Waals surface area contributed by atoms with E-state index in [2.05, 4.69) is 13.6 Å². The first-order valence-electron chi connectivity index (χ1n) is 7.25. The van der Waals surface area contributed by atoms with E-state index in [9.17, 15) is 39.5 Å². The molecule has 1 aliphatic rings. The van der Waals surface area contributed by atoms with E-state index >= 15 is 0 Å². The van der Waals surface area contributed by atoms with E-state index in [0.717, 1.165) is 0 Å². The van der Waals surface area contributed by atoms with Gasteiger partial charge in [0.2, 0.25) is 0 Å². The van der Waals surface area contributed by atoms with Crippen LogP contribution < -0.4 is 0 Å². The molecule has 0 bridgehead atoms. The zero-order chi connectivity index (χ0) is 19.4. The fraction of sp³-hybridized carbons (Fsp3) is 1.00. The molecule has 0 aromatic carbocycles. The number of alkyl halides is 9. The molecule has 0 aromatic heterocycles. The van der Waals surface area contributed by atoms with E-state index < -0.39 is 52.0 Å². The molecule has 1 rings (SSSR count). The quantitative estimate of drug-likeness (QED) is 0.391. The van der Waals surface area contributed by atoms with Crippen LogP contribution in [-0.4, -0.2) is 44.0 Å². The van der Waals surface area contributed by atoms with Gasteiger partial charge in [0.05, 0.1) is 0 Å². The zero-order valence-electron chi connectivity index (χ0n) is 12.8. The van der Waals surface area contributed by atoms with Crippen molar-refractivity contribution >= 4 is 7.94 Å². The van der Waals surface area contributed by atoms with Crippen molar-refractivity contribution in [1.82, 2.24) is 0 Å². The van der Waals surface area contributed by atoms with Gasteiger partial charge in [-0.05, 0) is 25.7 Å². The summed E-state index contributed by atoms with van der Waals surface area (Å²) in [4.78, 5) is 0. The third-order valence-electron chi connectivity index (χ3n) is 3.25. The summed E-state index contributed by atoms with van der Waals surface area (Å²) in [5.74, 6) is 0. The Bertz CT molecular complexity index is 357. The van der Waals surface area contributed by atoms with Crippen LogP contribution in [0.15, 0.2) is 0 Å². The van der Waals surface area contributed by atoms with Crippen LogP contribution in [0.25, 0.3) is 0 Å². The van der Waals surface area contributed by atoms with Crippen LogP contribution in [0.3, 0.4) is 0 Å². The highest BCUT2D eigenvalue weighted by atomic mass is 31.2. The van der Waals surface area contributed by atoms with Crippen molar-refractivity contribution in [3.05, 3.63) is 0 Å². The molecule has 0 aliphatic heterocycles. The van der Waals surface area contributed by atoms with Gasteiger partial charge >= 0.3 is 26.5 Å². The Morgan fingerprint density at radius 1 is 0.600 bits per heavy atom. The van der Waals surface area contributed by atoms with Crippen LogP contribution >= 0.6 is 7.94 Å². The van der Waals surface area contributed by atoms with E-state index in [-0.39, 0.29) is 12.8 Å².